The second kappa shape index (κ2) is 5.37. The van der Waals surface area contributed by atoms with E-state index in [0.717, 1.165) is 5.69 Å². The molecule has 2 rings (SSSR count). The minimum atomic E-state index is -0.433. The normalized spacial score (nSPS) is 11.7. The molecular formula is C15H17ClFN3. The second-order valence-electron chi connectivity index (χ2n) is 5.73. The van der Waals surface area contributed by atoms with Crippen molar-refractivity contribution in [2.24, 2.45) is 0 Å². The molecule has 2 aromatic rings. The molecule has 0 spiro atoms. The number of rotatable bonds is 2. The smallest absolute Gasteiger partial charge is 0.145 e. The van der Waals surface area contributed by atoms with Crippen LogP contribution in [0.2, 0.25) is 5.02 Å². The zero-order valence-corrected chi connectivity index (χ0v) is 12.5. The van der Waals surface area contributed by atoms with Crippen LogP contribution < -0.4 is 5.73 Å². The van der Waals surface area contributed by atoms with Gasteiger partial charge in [-0.05, 0) is 11.6 Å². The maximum atomic E-state index is 13.9. The summed E-state index contributed by atoms with van der Waals surface area (Å²) >= 11 is 5.77. The largest absolute Gasteiger partial charge is 0.384 e. The highest BCUT2D eigenvalue weighted by atomic mass is 35.5. The highest BCUT2D eigenvalue weighted by Gasteiger charge is 2.18. The Morgan fingerprint density at radius 2 is 1.95 bits per heavy atom. The molecule has 3 nitrogen and oxygen atoms in total. The molecule has 1 aromatic heterocycles. The third kappa shape index (κ3) is 3.25. The molecule has 0 saturated carbocycles. The molecule has 0 aliphatic rings. The van der Waals surface area contributed by atoms with Gasteiger partial charge in [-0.15, -0.1) is 0 Å². The first-order chi connectivity index (χ1) is 9.27. The number of hydrogen-bond donors (Lipinski definition) is 1. The molecule has 2 N–H and O–H groups in total. The highest BCUT2D eigenvalue weighted by molar-refractivity contribution is 6.30. The summed E-state index contributed by atoms with van der Waals surface area (Å²) in [5.41, 5.74) is 6.96. The maximum absolute atomic E-state index is 13.9. The van der Waals surface area contributed by atoms with Gasteiger partial charge in [0.25, 0.3) is 0 Å². The van der Waals surface area contributed by atoms with Gasteiger partial charge in [0.05, 0.1) is 10.7 Å². The predicted octanol–water partition coefficient (Wildman–Crippen LogP) is 3.74. The highest BCUT2D eigenvalue weighted by Crippen LogP contribution is 2.23. The first-order valence-corrected chi connectivity index (χ1v) is 6.72. The molecule has 5 heteroatoms. The van der Waals surface area contributed by atoms with E-state index in [1.54, 1.807) is 18.2 Å². The van der Waals surface area contributed by atoms with Crippen molar-refractivity contribution in [3.05, 3.63) is 52.2 Å². The summed E-state index contributed by atoms with van der Waals surface area (Å²) in [6.07, 6.45) is 0.264. The number of benzene rings is 1. The van der Waals surface area contributed by atoms with E-state index >= 15 is 0 Å². The summed E-state index contributed by atoms with van der Waals surface area (Å²) in [5.74, 6) is 0.455. The summed E-state index contributed by atoms with van der Waals surface area (Å²) in [6, 6.07) is 6.64. The van der Waals surface area contributed by atoms with Crippen LogP contribution in [0.5, 0.6) is 0 Å². The molecule has 0 atom stereocenters. The number of aromatic nitrogens is 2. The Kier molecular flexibility index (Phi) is 3.95. The van der Waals surface area contributed by atoms with E-state index in [0.29, 0.717) is 17.2 Å². The van der Waals surface area contributed by atoms with Crippen LogP contribution in [0.1, 0.15) is 37.9 Å². The first kappa shape index (κ1) is 14.7. The molecule has 1 heterocycles. The number of nitrogen functional groups attached to an aromatic ring is 1. The lowest BCUT2D eigenvalue weighted by atomic mass is 9.92. The fraction of sp³-hybridized carbons (Fsp3) is 0.333. The zero-order chi connectivity index (χ0) is 14.9. The van der Waals surface area contributed by atoms with Crippen molar-refractivity contribution in [3.63, 3.8) is 0 Å². The average molecular weight is 294 g/mol. The molecule has 0 amide bonds. The van der Waals surface area contributed by atoms with Crippen molar-refractivity contribution in [2.45, 2.75) is 32.6 Å². The van der Waals surface area contributed by atoms with Gasteiger partial charge in [0.2, 0.25) is 0 Å². The van der Waals surface area contributed by atoms with Crippen LogP contribution in [-0.2, 0) is 11.8 Å². The van der Waals surface area contributed by atoms with Gasteiger partial charge in [-0.25, -0.2) is 14.4 Å². The van der Waals surface area contributed by atoms with Crippen LogP contribution in [0.15, 0.2) is 24.3 Å². The van der Waals surface area contributed by atoms with E-state index in [9.17, 15) is 4.39 Å². The number of nitrogens with zero attached hydrogens (tertiary/aromatic N) is 2. The van der Waals surface area contributed by atoms with Crippen molar-refractivity contribution in [1.29, 1.82) is 0 Å². The van der Waals surface area contributed by atoms with Gasteiger partial charge in [-0.2, -0.15) is 0 Å². The quantitative estimate of drug-likeness (QED) is 0.917. The molecule has 1 aromatic carbocycles. The SMILES string of the molecule is CC(C)(C)c1cc(N)nc(Cc2cccc(Cl)c2F)n1. The summed E-state index contributed by atoms with van der Waals surface area (Å²) in [5, 5.41) is 0.0995. The predicted molar refractivity (Wildman–Crippen MR) is 79.4 cm³/mol. The standard InChI is InChI=1S/C15H17ClFN3/c1-15(2,3)11-8-12(18)20-13(19-11)7-9-5-4-6-10(16)14(9)17/h4-6,8H,7H2,1-3H3,(H2,18,19,20). The second-order valence-corrected chi connectivity index (χ2v) is 6.14. The molecule has 0 fully saturated rings. The van der Waals surface area contributed by atoms with Crippen molar-refractivity contribution in [1.82, 2.24) is 9.97 Å². The van der Waals surface area contributed by atoms with Gasteiger partial charge < -0.3 is 5.73 Å². The molecule has 0 aliphatic heterocycles. The van der Waals surface area contributed by atoms with Crippen LogP contribution in [0, 0.1) is 5.82 Å². The summed E-state index contributed by atoms with van der Waals surface area (Å²) in [6.45, 7) is 6.12. The molecule has 106 valence electrons. The van der Waals surface area contributed by atoms with Crippen molar-refractivity contribution in [2.75, 3.05) is 5.73 Å². The van der Waals surface area contributed by atoms with Gasteiger partial charge in [-0.3, -0.25) is 0 Å². The average Bonchev–Trinajstić information content (AvgIpc) is 2.33. The molecule has 0 aliphatic carbocycles. The van der Waals surface area contributed by atoms with E-state index in [2.05, 4.69) is 9.97 Å². The van der Waals surface area contributed by atoms with Crippen molar-refractivity contribution >= 4 is 17.4 Å². The molecule has 20 heavy (non-hydrogen) atoms. The molecule has 0 unspecified atom stereocenters. The van der Waals surface area contributed by atoms with Crippen LogP contribution in [0.3, 0.4) is 0 Å². The van der Waals surface area contributed by atoms with Gasteiger partial charge in [-0.1, -0.05) is 44.5 Å². The van der Waals surface area contributed by atoms with Crippen molar-refractivity contribution in [3.8, 4) is 0 Å². The molecule has 0 radical (unpaired) electrons. The van der Waals surface area contributed by atoms with Crippen LogP contribution in [0.25, 0.3) is 0 Å². The number of halogens is 2. The van der Waals surface area contributed by atoms with Gasteiger partial charge in [0.1, 0.15) is 17.5 Å². The topological polar surface area (TPSA) is 51.8 Å². The Labute approximate surface area is 123 Å². The van der Waals surface area contributed by atoms with E-state index in [-0.39, 0.29) is 16.9 Å². The van der Waals surface area contributed by atoms with Crippen LogP contribution >= 0.6 is 11.6 Å². The summed E-state index contributed by atoms with van der Waals surface area (Å²) in [7, 11) is 0. The Bertz CT molecular complexity index is 636. The van der Waals surface area contributed by atoms with Crippen LogP contribution in [-0.4, -0.2) is 9.97 Å². The lowest BCUT2D eigenvalue weighted by Crippen LogP contribution is -2.16. The maximum Gasteiger partial charge on any atom is 0.145 e. The number of hydrogen-bond acceptors (Lipinski definition) is 3. The minimum Gasteiger partial charge on any atom is -0.384 e. The molecule has 0 bridgehead atoms. The van der Waals surface area contributed by atoms with Gasteiger partial charge >= 0.3 is 0 Å². The van der Waals surface area contributed by atoms with E-state index in [1.165, 1.54) is 6.07 Å². The Hall–Kier alpha value is -1.68. The summed E-state index contributed by atoms with van der Waals surface area (Å²) in [4.78, 5) is 8.64. The van der Waals surface area contributed by atoms with Crippen molar-refractivity contribution < 1.29 is 4.39 Å². The minimum absolute atomic E-state index is 0.0995. The fourth-order valence-corrected chi connectivity index (χ4v) is 2.03. The third-order valence-electron chi connectivity index (χ3n) is 2.94. The van der Waals surface area contributed by atoms with E-state index in [1.807, 2.05) is 20.8 Å². The zero-order valence-electron chi connectivity index (χ0n) is 11.7. The number of nitrogens with two attached hydrogens (primary N) is 1. The van der Waals surface area contributed by atoms with Crippen LogP contribution in [0.4, 0.5) is 10.2 Å². The fourth-order valence-electron chi connectivity index (χ4n) is 1.84. The third-order valence-corrected chi connectivity index (χ3v) is 3.23. The van der Waals surface area contributed by atoms with E-state index in [4.69, 9.17) is 17.3 Å². The lowest BCUT2D eigenvalue weighted by Gasteiger charge is -2.18. The summed E-state index contributed by atoms with van der Waals surface area (Å²) < 4.78 is 13.9. The number of anilines is 1. The Balaban J connectivity index is 2.39. The molecular weight excluding hydrogens is 277 g/mol. The molecule has 0 saturated heterocycles. The lowest BCUT2D eigenvalue weighted by molar-refractivity contribution is 0.562. The van der Waals surface area contributed by atoms with E-state index < -0.39 is 5.82 Å². The Morgan fingerprint density at radius 1 is 1.25 bits per heavy atom. The van der Waals surface area contributed by atoms with Gasteiger partial charge in [0.15, 0.2) is 0 Å². The van der Waals surface area contributed by atoms with Gasteiger partial charge in [0, 0.05) is 17.9 Å². The monoisotopic (exact) mass is 293 g/mol. The Morgan fingerprint density at radius 3 is 2.60 bits per heavy atom. The first-order valence-electron chi connectivity index (χ1n) is 6.34.